The van der Waals surface area contributed by atoms with Crippen molar-refractivity contribution in [3.63, 3.8) is 0 Å². The molecular formula is C13H15N3O4S. The molecule has 0 aromatic carbocycles. The van der Waals surface area contributed by atoms with Crippen molar-refractivity contribution in [2.45, 2.75) is 26.5 Å². The topological polar surface area (TPSA) is 107 Å². The molecule has 112 valence electrons. The van der Waals surface area contributed by atoms with Crippen LogP contribution in [0.25, 0.3) is 0 Å². The molecule has 2 aromatic heterocycles. The van der Waals surface area contributed by atoms with E-state index in [9.17, 15) is 9.59 Å². The quantitative estimate of drug-likeness (QED) is 0.810. The van der Waals surface area contributed by atoms with Gasteiger partial charge in [0, 0.05) is 4.88 Å². The zero-order chi connectivity index (χ0) is 15.4. The lowest BCUT2D eigenvalue weighted by Crippen LogP contribution is -2.35. The molecule has 2 aromatic rings. The van der Waals surface area contributed by atoms with E-state index in [0.717, 1.165) is 4.88 Å². The molecule has 3 N–H and O–H groups in total. The van der Waals surface area contributed by atoms with Crippen LogP contribution in [0, 0.1) is 6.92 Å². The number of nitrogens with two attached hydrogens (primary N) is 1. The fourth-order valence-corrected chi connectivity index (χ4v) is 2.28. The zero-order valence-electron chi connectivity index (χ0n) is 11.6. The molecular weight excluding hydrogens is 294 g/mol. The number of carbonyl (C=O) groups excluding carboxylic acids is 2. The summed E-state index contributed by atoms with van der Waals surface area (Å²) in [6, 6.07) is 3.80. The predicted molar refractivity (Wildman–Crippen MR) is 76.7 cm³/mol. The summed E-state index contributed by atoms with van der Waals surface area (Å²) in [6.45, 7) is 3.45. The summed E-state index contributed by atoms with van der Waals surface area (Å²) in [4.78, 5) is 24.8. The van der Waals surface area contributed by atoms with Crippen LogP contribution in [0.1, 0.15) is 27.9 Å². The summed E-state index contributed by atoms with van der Waals surface area (Å²) < 4.78 is 9.74. The van der Waals surface area contributed by atoms with Crippen LogP contribution < -0.4 is 11.1 Å². The maximum atomic E-state index is 11.9. The molecule has 7 nitrogen and oxygen atoms in total. The Labute approximate surface area is 125 Å². The molecule has 0 aliphatic carbocycles. The number of ether oxygens (including phenoxy) is 1. The van der Waals surface area contributed by atoms with E-state index in [2.05, 4.69) is 15.0 Å². The van der Waals surface area contributed by atoms with Crippen LogP contribution in [0.4, 0.5) is 5.88 Å². The largest absolute Gasteiger partial charge is 0.449 e. The van der Waals surface area contributed by atoms with Gasteiger partial charge < -0.3 is 20.3 Å². The lowest BCUT2D eigenvalue weighted by molar-refractivity contribution is -0.129. The summed E-state index contributed by atoms with van der Waals surface area (Å²) in [5.74, 6) is -1.24. The van der Waals surface area contributed by atoms with Gasteiger partial charge in [-0.3, -0.25) is 4.79 Å². The summed E-state index contributed by atoms with van der Waals surface area (Å²) >= 11 is 1.53. The molecule has 21 heavy (non-hydrogen) atoms. The van der Waals surface area contributed by atoms with E-state index >= 15 is 0 Å². The zero-order valence-corrected chi connectivity index (χ0v) is 12.4. The van der Waals surface area contributed by atoms with Crippen molar-refractivity contribution >= 4 is 29.1 Å². The number of thiophene rings is 1. The second kappa shape index (κ2) is 6.40. The van der Waals surface area contributed by atoms with Crippen molar-refractivity contribution in [3.05, 3.63) is 33.6 Å². The van der Waals surface area contributed by atoms with Crippen molar-refractivity contribution in [2.75, 3.05) is 5.73 Å². The van der Waals surface area contributed by atoms with Crippen LogP contribution in [0.2, 0.25) is 0 Å². The molecule has 0 aliphatic rings. The van der Waals surface area contributed by atoms with E-state index in [4.69, 9.17) is 10.5 Å². The Morgan fingerprint density at radius 2 is 2.33 bits per heavy atom. The summed E-state index contributed by atoms with van der Waals surface area (Å²) in [6.07, 6.45) is -0.939. The Kier molecular flexibility index (Phi) is 4.59. The maximum absolute atomic E-state index is 11.9. The van der Waals surface area contributed by atoms with E-state index in [1.807, 2.05) is 17.5 Å². The minimum atomic E-state index is -0.939. The number of amides is 1. The Morgan fingerprint density at radius 3 is 2.90 bits per heavy atom. The van der Waals surface area contributed by atoms with Crippen molar-refractivity contribution in [1.29, 1.82) is 0 Å². The van der Waals surface area contributed by atoms with Crippen molar-refractivity contribution in [1.82, 2.24) is 10.5 Å². The highest BCUT2D eigenvalue weighted by atomic mass is 32.1. The molecule has 1 amide bonds. The Hall–Kier alpha value is -2.35. The average molecular weight is 309 g/mol. The maximum Gasteiger partial charge on any atom is 0.346 e. The van der Waals surface area contributed by atoms with Gasteiger partial charge >= 0.3 is 5.97 Å². The van der Waals surface area contributed by atoms with Crippen LogP contribution in [0.3, 0.4) is 0 Å². The molecule has 1 unspecified atom stereocenters. The second-order valence-electron chi connectivity index (χ2n) is 4.35. The minimum Gasteiger partial charge on any atom is -0.449 e. The number of esters is 1. The number of hydrogen-bond acceptors (Lipinski definition) is 7. The average Bonchev–Trinajstić information content (AvgIpc) is 3.06. The van der Waals surface area contributed by atoms with Crippen LogP contribution in [-0.2, 0) is 16.1 Å². The third-order valence-corrected chi connectivity index (χ3v) is 3.64. The Balaban J connectivity index is 1.90. The lowest BCUT2D eigenvalue weighted by atomic mass is 10.2. The SMILES string of the molecule is Cc1noc(N)c1C(=O)OC(C)C(=O)NCc1cccs1. The fraction of sp³-hybridized carbons (Fsp3) is 0.308. The van der Waals surface area contributed by atoms with Crippen molar-refractivity contribution in [2.24, 2.45) is 0 Å². The van der Waals surface area contributed by atoms with Gasteiger partial charge in [0.25, 0.3) is 5.91 Å². The van der Waals surface area contributed by atoms with Gasteiger partial charge in [-0.15, -0.1) is 11.3 Å². The smallest absolute Gasteiger partial charge is 0.346 e. The van der Waals surface area contributed by atoms with Gasteiger partial charge in [0.1, 0.15) is 5.56 Å². The summed E-state index contributed by atoms with van der Waals surface area (Å²) in [7, 11) is 0. The third kappa shape index (κ3) is 3.60. The number of hydrogen-bond donors (Lipinski definition) is 2. The highest BCUT2D eigenvalue weighted by Gasteiger charge is 2.24. The number of anilines is 1. The molecule has 0 aliphatic heterocycles. The van der Waals surface area contributed by atoms with E-state index in [1.54, 1.807) is 6.92 Å². The summed E-state index contributed by atoms with van der Waals surface area (Å²) in [5, 5.41) is 8.17. The van der Waals surface area contributed by atoms with E-state index in [1.165, 1.54) is 18.3 Å². The third-order valence-electron chi connectivity index (χ3n) is 2.76. The minimum absolute atomic E-state index is 0.0490. The molecule has 0 bridgehead atoms. The normalized spacial score (nSPS) is 11.9. The molecule has 2 rings (SSSR count). The predicted octanol–water partition coefficient (Wildman–Crippen LogP) is 1.49. The van der Waals surface area contributed by atoms with Gasteiger partial charge in [0.05, 0.1) is 12.2 Å². The van der Waals surface area contributed by atoms with E-state index in [0.29, 0.717) is 12.2 Å². The van der Waals surface area contributed by atoms with Crippen LogP contribution >= 0.6 is 11.3 Å². The number of aryl methyl sites for hydroxylation is 1. The highest BCUT2D eigenvalue weighted by molar-refractivity contribution is 7.09. The van der Waals surface area contributed by atoms with Gasteiger partial charge in [0.15, 0.2) is 6.10 Å². The summed E-state index contributed by atoms with van der Waals surface area (Å²) in [5.41, 5.74) is 5.86. The van der Waals surface area contributed by atoms with Crippen molar-refractivity contribution < 1.29 is 18.8 Å². The van der Waals surface area contributed by atoms with Crippen molar-refractivity contribution in [3.8, 4) is 0 Å². The first kappa shape index (κ1) is 15.0. The molecule has 8 heteroatoms. The number of aromatic nitrogens is 1. The number of rotatable bonds is 5. The number of nitrogens with one attached hydrogen (secondary N) is 1. The van der Waals surface area contributed by atoms with Crippen LogP contribution in [0.15, 0.2) is 22.0 Å². The monoisotopic (exact) mass is 309 g/mol. The van der Waals surface area contributed by atoms with Gasteiger partial charge in [-0.2, -0.15) is 0 Å². The van der Waals surface area contributed by atoms with Crippen LogP contribution in [-0.4, -0.2) is 23.1 Å². The molecule has 0 saturated carbocycles. The van der Waals surface area contributed by atoms with Gasteiger partial charge in [-0.25, -0.2) is 4.79 Å². The molecule has 0 radical (unpaired) electrons. The van der Waals surface area contributed by atoms with Gasteiger partial charge in [0.2, 0.25) is 5.88 Å². The standard InChI is InChI=1S/C13H15N3O4S/c1-7-10(11(14)20-16-7)13(18)19-8(2)12(17)15-6-9-4-3-5-21-9/h3-5,8H,6,14H2,1-2H3,(H,15,17). The molecule has 0 saturated heterocycles. The fourth-order valence-electron chi connectivity index (χ4n) is 1.64. The number of nitrogens with zero attached hydrogens (tertiary/aromatic N) is 1. The molecule has 0 spiro atoms. The second-order valence-corrected chi connectivity index (χ2v) is 5.38. The van der Waals surface area contributed by atoms with E-state index in [-0.39, 0.29) is 17.4 Å². The van der Waals surface area contributed by atoms with Gasteiger partial charge in [-0.1, -0.05) is 11.2 Å². The Bertz CT molecular complexity index is 616. The Morgan fingerprint density at radius 1 is 1.57 bits per heavy atom. The first-order valence-electron chi connectivity index (χ1n) is 6.22. The first-order valence-corrected chi connectivity index (χ1v) is 7.10. The molecule has 0 fully saturated rings. The highest BCUT2D eigenvalue weighted by Crippen LogP contribution is 2.17. The first-order chi connectivity index (χ1) is 9.99. The number of nitrogen functional groups attached to an aromatic ring is 1. The molecule has 1 atom stereocenters. The van der Waals surface area contributed by atoms with E-state index < -0.39 is 12.1 Å². The lowest BCUT2D eigenvalue weighted by Gasteiger charge is -2.12. The van der Waals surface area contributed by atoms with Crippen LogP contribution in [0.5, 0.6) is 0 Å². The number of carbonyl (C=O) groups is 2. The van der Waals surface area contributed by atoms with Gasteiger partial charge in [-0.05, 0) is 25.3 Å². The molecule has 2 heterocycles.